The number of rotatable bonds is 3. The first kappa shape index (κ1) is 13.0. The van der Waals surface area contributed by atoms with Crippen LogP contribution in [0.25, 0.3) is 0 Å². The van der Waals surface area contributed by atoms with Gasteiger partial charge in [-0.05, 0) is 26.0 Å². The first-order valence-electron chi connectivity index (χ1n) is 5.75. The van der Waals surface area contributed by atoms with E-state index in [0.717, 1.165) is 22.6 Å². The Balaban J connectivity index is 2.04. The van der Waals surface area contributed by atoms with Gasteiger partial charge in [-0.3, -0.25) is 9.82 Å². The number of H-pyrrole nitrogens is 1. The van der Waals surface area contributed by atoms with Crippen LogP contribution in [-0.4, -0.2) is 18.6 Å². The first-order chi connectivity index (χ1) is 9.49. The summed E-state index contributed by atoms with van der Waals surface area (Å²) in [6.07, 6.45) is 0. The molecule has 0 radical (unpaired) electrons. The summed E-state index contributed by atoms with van der Waals surface area (Å²) >= 11 is 0.983. The summed E-state index contributed by atoms with van der Waals surface area (Å²) < 4.78 is 35.4. The number of aryl methyl sites for hydroxylation is 1. The van der Waals surface area contributed by atoms with Crippen molar-refractivity contribution in [2.24, 2.45) is 8.73 Å². The van der Waals surface area contributed by atoms with Crippen LogP contribution in [0.1, 0.15) is 11.3 Å². The number of hydrogen-bond donors (Lipinski definition) is 2. The number of aromatic amines is 1. The number of benzene rings is 1. The molecule has 0 saturated carbocycles. The van der Waals surface area contributed by atoms with Crippen LogP contribution in [0.3, 0.4) is 0 Å². The molecule has 1 aromatic carbocycles. The summed E-state index contributed by atoms with van der Waals surface area (Å²) in [5.41, 5.74) is 2.51. The summed E-state index contributed by atoms with van der Waals surface area (Å²) in [4.78, 5) is 0.101. The van der Waals surface area contributed by atoms with Crippen LogP contribution in [0, 0.1) is 13.8 Å². The third-order valence-corrected chi connectivity index (χ3v) is 4.94. The Kier molecular flexibility index (Phi) is 2.94. The van der Waals surface area contributed by atoms with Gasteiger partial charge in [0.2, 0.25) is 0 Å². The predicted octanol–water partition coefficient (Wildman–Crippen LogP) is 2.55. The van der Waals surface area contributed by atoms with Gasteiger partial charge in [0.15, 0.2) is 5.82 Å². The molecule has 1 aromatic heterocycles. The molecule has 1 aliphatic rings. The Morgan fingerprint density at radius 1 is 1.25 bits per heavy atom. The van der Waals surface area contributed by atoms with Crippen molar-refractivity contribution in [2.75, 3.05) is 4.72 Å². The third kappa shape index (κ3) is 2.04. The molecule has 0 amide bonds. The number of sulfonamides is 1. The lowest BCUT2D eigenvalue weighted by Crippen LogP contribution is -2.14. The standard InChI is InChI=1S/C11H11N5O2S2/c1-6-7(2)12-13-11(6)16-20(17,18)9-5-3-4-8-10(9)15-19-14-8/h3-5H,1-2H3,(H2,12,13,16). The van der Waals surface area contributed by atoms with Crippen LogP contribution in [0.5, 0.6) is 0 Å². The van der Waals surface area contributed by atoms with Crippen molar-refractivity contribution >= 4 is 38.6 Å². The van der Waals surface area contributed by atoms with Crippen molar-refractivity contribution in [3.8, 4) is 0 Å². The molecule has 2 heterocycles. The van der Waals surface area contributed by atoms with Gasteiger partial charge in [-0.2, -0.15) is 13.8 Å². The molecule has 0 spiro atoms. The third-order valence-electron chi connectivity index (χ3n) is 3.02. The average molecular weight is 309 g/mol. The van der Waals surface area contributed by atoms with E-state index in [-0.39, 0.29) is 4.90 Å². The van der Waals surface area contributed by atoms with Crippen LogP contribution < -0.4 is 4.72 Å². The zero-order valence-corrected chi connectivity index (χ0v) is 12.3. The van der Waals surface area contributed by atoms with Crippen LogP contribution in [-0.2, 0) is 21.4 Å². The lowest BCUT2D eigenvalue weighted by atomic mass is 10.3. The van der Waals surface area contributed by atoms with Gasteiger partial charge in [-0.25, -0.2) is 8.42 Å². The second-order valence-corrected chi connectivity index (χ2v) is 6.50. The number of nitrogens with zero attached hydrogens (tertiary/aromatic N) is 3. The summed E-state index contributed by atoms with van der Waals surface area (Å²) in [6.45, 7) is 3.62. The topological polar surface area (TPSA) is 99.6 Å². The van der Waals surface area contributed by atoms with Crippen molar-refractivity contribution in [2.45, 2.75) is 18.7 Å². The Labute approximate surface area is 119 Å². The molecule has 0 fully saturated rings. The maximum atomic E-state index is 12.4. The first-order valence-corrected chi connectivity index (χ1v) is 7.96. The van der Waals surface area contributed by atoms with Crippen molar-refractivity contribution in [3.63, 3.8) is 0 Å². The molecular weight excluding hydrogens is 298 g/mol. The smallest absolute Gasteiger partial charge is 0.265 e. The van der Waals surface area contributed by atoms with Crippen LogP contribution >= 0.6 is 0 Å². The zero-order valence-electron chi connectivity index (χ0n) is 10.7. The highest BCUT2D eigenvalue weighted by atomic mass is 32.2. The largest absolute Gasteiger partial charge is 0.280 e. The van der Waals surface area contributed by atoms with E-state index in [1.54, 1.807) is 19.1 Å². The van der Waals surface area contributed by atoms with Gasteiger partial charge >= 0.3 is 0 Å². The van der Waals surface area contributed by atoms with Crippen LogP contribution in [0.4, 0.5) is 17.2 Å². The second kappa shape index (κ2) is 4.53. The van der Waals surface area contributed by atoms with E-state index in [0.29, 0.717) is 17.2 Å². The number of anilines is 1. The minimum absolute atomic E-state index is 0.101. The van der Waals surface area contributed by atoms with Gasteiger partial charge in [0.05, 0.1) is 11.4 Å². The van der Waals surface area contributed by atoms with Gasteiger partial charge in [0.25, 0.3) is 10.0 Å². The van der Waals surface area contributed by atoms with Gasteiger partial charge in [-0.15, -0.1) is 0 Å². The second-order valence-electron chi connectivity index (χ2n) is 4.32. The summed E-state index contributed by atoms with van der Waals surface area (Å²) in [6, 6.07) is 4.86. The van der Waals surface area contributed by atoms with Crippen molar-refractivity contribution in [3.05, 3.63) is 29.5 Å². The Morgan fingerprint density at radius 2 is 2.05 bits per heavy atom. The highest BCUT2D eigenvalue weighted by Crippen LogP contribution is 2.37. The van der Waals surface area contributed by atoms with Gasteiger partial charge in [0, 0.05) is 11.3 Å². The van der Waals surface area contributed by atoms with Crippen LogP contribution in [0.15, 0.2) is 31.8 Å². The monoisotopic (exact) mass is 309 g/mol. The van der Waals surface area contributed by atoms with Crippen LogP contribution in [0.2, 0.25) is 0 Å². The maximum Gasteiger partial charge on any atom is 0.265 e. The molecule has 0 saturated heterocycles. The summed E-state index contributed by atoms with van der Waals surface area (Å²) in [5.74, 6) is 0.294. The molecule has 20 heavy (non-hydrogen) atoms. The minimum Gasteiger partial charge on any atom is -0.280 e. The summed E-state index contributed by atoms with van der Waals surface area (Å²) in [5, 5.41) is 6.69. The van der Waals surface area contributed by atoms with Crippen molar-refractivity contribution in [1.29, 1.82) is 0 Å². The molecule has 0 aliphatic carbocycles. The van der Waals surface area contributed by atoms with E-state index in [9.17, 15) is 8.42 Å². The van der Waals surface area contributed by atoms with E-state index in [4.69, 9.17) is 0 Å². The number of aromatic nitrogens is 2. The maximum absolute atomic E-state index is 12.4. The van der Waals surface area contributed by atoms with Gasteiger partial charge in [0.1, 0.15) is 16.3 Å². The molecule has 7 nitrogen and oxygen atoms in total. The number of hydrogen-bond acceptors (Lipinski definition) is 5. The van der Waals surface area contributed by atoms with Gasteiger partial charge < -0.3 is 0 Å². The minimum atomic E-state index is -3.75. The van der Waals surface area contributed by atoms with Crippen molar-refractivity contribution < 1.29 is 8.42 Å². The number of fused-ring (bicyclic) bond motifs is 1. The Bertz CT molecular complexity index is 863. The fourth-order valence-corrected chi connectivity index (χ4v) is 3.60. The van der Waals surface area contributed by atoms with E-state index in [1.807, 2.05) is 6.92 Å². The highest BCUT2D eigenvalue weighted by molar-refractivity contribution is 7.93. The predicted molar refractivity (Wildman–Crippen MR) is 76.9 cm³/mol. The molecule has 2 aromatic rings. The lowest BCUT2D eigenvalue weighted by Gasteiger charge is -2.08. The molecule has 1 aliphatic heterocycles. The molecular formula is C11H11N5O2S2. The molecule has 0 bridgehead atoms. The van der Waals surface area contributed by atoms with E-state index < -0.39 is 10.0 Å². The lowest BCUT2D eigenvalue weighted by molar-refractivity contribution is 0.601. The van der Waals surface area contributed by atoms with E-state index in [1.165, 1.54) is 6.07 Å². The van der Waals surface area contributed by atoms with Crippen molar-refractivity contribution in [1.82, 2.24) is 10.2 Å². The molecule has 0 unspecified atom stereocenters. The molecule has 104 valence electrons. The summed E-state index contributed by atoms with van der Waals surface area (Å²) in [7, 11) is -3.75. The fourth-order valence-electron chi connectivity index (χ4n) is 1.76. The zero-order chi connectivity index (χ0) is 14.3. The van der Waals surface area contributed by atoms with Gasteiger partial charge in [-0.1, -0.05) is 6.07 Å². The molecule has 2 N–H and O–H groups in total. The quantitative estimate of drug-likeness (QED) is 0.777. The SMILES string of the molecule is Cc1[nH]nc(NS(=O)(=O)c2cccc3c2N=S=N3)c1C. The van der Waals surface area contributed by atoms with E-state index >= 15 is 0 Å². The normalized spacial score (nSPS) is 13.1. The molecule has 9 heteroatoms. The fraction of sp³-hybridized carbons (Fsp3) is 0.182. The highest BCUT2D eigenvalue weighted by Gasteiger charge is 2.24. The number of nitrogens with one attached hydrogen (secondary N) is 2. The molecule has 0 atom stereocenters. The molecule has 3 rings (SSSR count). The van der Waals surface area contributed by atoms with E-state index in [2.05, 4.69) is 23.6 Å². The Hall–Kier alpha value is -2.00. The average Bonchev–Trinajstić information content (AvgIpc) is 3.00. The Morgan fingerprint density at radius 3 is 2.75 bits per heavy atom.